The third-order valence-electron chi connectivity index (χ3n) is 6.02. The number of benzene rings is 2. The summed E-state index contributed by atoms with van der Waals surface area (Å²) in [7, 11) is 1.00. The normalized spacial score (nSPS) is 15.4. The zero-order valence-corrected chi connectivity index (χ0v) is 20.3. The molecule has 2 aromatic rings. The first-order valence-electron chi connectivity index (χ1n) is 11.4. The van der Waals surface area contributed by atoms with Crippen LogP contribution in [-0.2, 0) is 6.54 Å². The van der Waals surface area contributed by atoms with Crippen molar-refractivity contribution in [3.8, 4) is 0 Å². The first-order chi connectivity index (χ1) is 15.5. The summed E-state index contributed by atoms with van der Waals surface area (Å²) in [6.45, 7) is 7.23. The van der Waals surface area contributed by atoms with Crippen LogP contribution in [0.25, 0.3) is 0 Å². The number of rotatable bonds is 7. The quantitative estimate of drug-likeness (QED) is 0.567. The summed E-state index contributed by atoms with van der Waals surface area (Å²) in [6.07, 6.45) is 4.42. The van der Waals surface area contributed by atoms with Crippen LogP contribution in [0.2, 0.25) is 5.02 Å². The van der Waals surface area contributed by atoms with E-state index in [9.17, 15) is 4.79 Å². The highest BCUT2D eigenvalue weighted by atomic mass is 35.5. The van der Waals surface area contributed by atoms with E-state index >= 15 is 0 Å². The van der Waals surface area contributed by atoms with Crippen molar-refractivity contribution in [3.05, 3.63) is 59.1 Å². The van der Waals surface area contributed by atoms with E-state index in [2.05, 4.69) is 41.9 Å². The van der Waals surface area contributed by atoms with Crippen LogP contribution in [0.4, 0.5) is 16.2 Å². The minimum absolute atomic E-state index is 0.0689. The zero-order chi connectivity index (χ0) is 23.5. The van der Waals surface area contributed by atoms with Gasteiger partial charge < -0.3 is 26.0 Å². The highest BCUT2D eigenvalue weighted by Crippen LogP contribution is 2.25. The van der Waals surface area contributed by atoms with Crippen molar-refractivity contribution in [3.63, 3.8) is 0 Å². The Balaban J connectivity index is 0.00000176. The van der Waals surface area contributed by atoms with E-state index in [1.165, 1.54) is 12.8 Å². The van der Waals surface area contributed by atoms with Crippen molar-refractivity contribution in [2.45, 2.75) is 58.2 Å². The summed E-state index contributed by atoms with van der Waals surface area (Å²) in [5.74, 6) is 0. The fourth-order valence-corrected chi connectivity index (χ4v) is 4.35. The predicted molar refractivity (Wildman–Crippen MR) is 132 cm³/mol. The zero-order valence-electron chi connectivity index (χ0n) is 19.6. The first kappa shape index (κ1) is 26.1. The minimum atomic E-state index is -0.0689. The number of halogens is 1. The molecule has 0 radical (unpaired) electrons. The second-order valence-electron chi connectivity index (χ2n) is 8.25. The van der Waals surface area contributed by atoms with E-state index in [4.69, 9.17) is 16.7 Å². The number of nitrogens with one attached hydrogen (secondary N) is 1. The van der Waals surface area contributed by atoms with Gasteiger partial charge in [-0.25, -0.2) is 4.79 Å². The molecule has 1 saturated heterocycles. The van der Waals surface area contributed by atoms with Crippen LogP contribution in [-0.4, -0.2) is 53.2 Å². The number of carbonyl (C=O) groups is 1. The van der Waals surface area contributed by atoms with Gasteiger partial charge in [0.05, 0.1) is 0 Å². The third kappa shape index (κ3) is 7.48. The molecule has 1 atom stereocenters. The molecule has 2 amide bonds. The third-order valence-corrected chi connectivity index (χ3v) is 6.39. The Morgan fingerprint density at radius 1 is 1.22 bits per heavy atom. The molecule has 6 nitrogen and oxygen atoms in total. The maximum Gasteiger partial charge on any atom is 0.322 e. The Bertz CT molecular complexity index is 826. The number of urea groups is 1. The van der Waals surface area contributed by atoms with Gasteiger partial charge in [-0.2, -0.15) is 0 Å². The molecule has 0 bridgehead atoms. The number of nitrogens with zero attached hydrogens (tertiary/aromatic N) is 2. The molecule has 1 aliphatic rings. The topological polar surface area (TPSA) is 83.5 Å². The van der Waals surface area contributed by atoms with E-state index < -0.39 is 0 Å². The van der Waals surface area contributed by atoms with Gasteiger partial charge in [0.2, 0.25) is 0 Å². The predicted octanol–water partition coefficient (Wildman–Crippen LogP) is 4.51. The largest absolute Gasteiger partial charge is 0.400 e. The molecule has 1 unspecified atom stereocenters. The summed E-state index contributed by atoms with van der Waals surface area (Å²) in [4.78, 5) is 17.8. The fourth-order valence-electron chi connectivity index (χ4n) is 4.23. The molecule has 176 valence electrons. The summed E-state index contributed by atoms with van der Waals surface area (Å²) >= 11 is 6.08. The Kier molecular flexibility index (Phi) is 11.0. The highest BCUT2D eigenvalue weighted by Gasteiger charge is 2.29. The summed E-state index contributed by atoms with van der Waals surface area (Å²) < 4.78 is 0. The van der Waals surface area contributed by atoms with Gasteiger partial charge in [0.1, 0.15) is 10.7 Å². The lowest BCUT2D eigenvalue weighted by Gasteiger charge is -2.40. The number of aliphatic hydroxyl groups excluding tert-OH is 1. The SMILES string of the molecule is CCCC(C)N1CCC(N(Cc2ccccc2)C(=O)Nc2ccc(Cl)c([NH3+])c2)CC1.CO. The molecule has 0 spiro atoms. The van der Waals surface area contributed by atoms with Gasteiger partial charge in [0, 0.05) is 50.6 Å². The van der Waals surface area contributed by atoms with Crippen molar-refractivity contribution < 1.29 is 15.6 Å². The number of carbonyl (C=O) groups excluding carboxylic acids is 1. The van der Waals surface area contributed by atoms with Gasteiger partial charge in [-0.3, -0.25) is 0 Å². The number of likely N-dealkylation sites (tertiary alicyclic amines) is 1. The van der Waals surface area contributed by atoms with Crippen LogP contribution in [0.1, 0.15) is 45.1 Å². The second kappa shape index (κ2) is 13.4. The molecule has 0 aromatic heterocycles. The van der Waals surface area contributed by atoms with Crippen LogP contribution >= 0.6 is 11.6 Å². The lowest BCUT2D eigenvalue weighted by molar-refractivity contribution is -0.254. The second-order valence-corrected chi connectivity index (χ2v) is 8.66. The van der Waals surface area contributed by atoms with E-state index in [0.717, 1.165) is 44.3 Å². The molecule has 3 rings (SSSR count). The minimum Gasteiger partial charge on any atom is -0.400 e. The van der Waals surface area contributed by atoms with E-state index in [1.54, 1.807) is 6.07 Å². The number of anilines is 1. The smallest absolute Gasteiger partial charge is 0.322 e. The molecule has 0 aliphatic carbocycles. The number of quaternary nitrogens is 1. The Hall–Kier alpha value is -2.12. The summed E-state index contributed by atoms with van der Waals surface area (Å²) in [5.41, 5.74) is 6.50. The van der Waals surface area contributed by atoms with Gasteiger partial charge in [-0.1, -0.05) is 55.3 Å². The maximum absolute atomic E-state index is 13.3. The van der Waals surface area contributed by atoms with Gasteiger partial charge in [-0.15, -0.1) is 0 Å². The lowest BCUT2D eigenvalue weighted by atomic mass is 10.00. The average molecular weight is 462 g/mol. The Morgan fingerprint density at radius 2 is 1.88 bits per heavy atom. The van der Waals surface area contributed by atoms with Crippen LogP contribution in [0, 0.1) is 0 Å². The number of hydrogen-bond donors (Lipinski definition) is 3. The molecular weight excluding hydrogens is 424 g/mol. The summed E-state index contributed by atoms with van der Waals surface area (Å²) in [6, 6.07) is 16.4. The van der Waals surface area contributed by atoms with Crippen LogP contribution in [0.5, 0.6) is 0 Å². The molecule has 1 aliphatic heterocycles. The summed E-state index contributed by atoms with van der Waals surface area (Å²) in [5, 5.41) is 10.7. The highest BCUT2D eigenvalue weighted by molar-refractivity contribution is 6.32. The standard InChI is InChI=1S/C24H33ClN4O.CH4O/c1-3-7-18(2)28-14-12-21(13-15-28)29(17-19-8-5-4-6-9-19)24(30)27-20-10-11-22(25)23(26)16-20;1-2/h4-6,8-11,16,18,21H,3,7,12-15,17,26H2,1-2H3,(H,27,30);2H,1H3/p+1. The molecule has 7 heteroatoms. The average Bonchev–Trinajstić information content (AvgIpc) is 2.82. The molecule has 32 heavy (non-hydrogen) atoms. The number of hydrogen-bond acceptors (Lipinski definition) is 3. The molecule has 0 saturated carbocycles. The van der Waals surface area contributed by atoms with Crippen molar-refractivity contribution in [2.24, 2.45) is 0 Å². The van der Waals surface area contributed by atoms with Gasteiger partial charge in [0.15, 0.2) is 0 Å². The maximum atomic E-state index is 13.3. The van der Waals surface area contributed by atoms with Crippen molar-refractivity contribution in [1.82, 2.24) is 9.80 Å². The number of aliphatic hydroxyl groups is 1. The van der Waals surface area contributed by atoms with Crippen molar-refractivity contribution in [1.29, 1.82) is 0 Å². The number of piperidine rings is 1. The first-order valence-corrected chi connectivity index (χ1v) is 11.8. The molecule has 1 heterocycles. The molecular formula is C25H38ClN4O2+. The van der Waals surface area contributed by atoms with E-state index in [0.29, 0.717) is 23.3 Å². The van der Waals surface area contributed by atoms with Gasteiger partial charge in [0.25, 0.3) is 0 Å². The van der Waals surface area contributed by atoms with Crippen LogP contribution in [0.15, 0.2) is 48.5 Å². The Morgan fingerprint density at radius 3 is 2.47 bits per heavy atom. The van der Waals surface area contributed by atoms with E-state index in [-0.39, 0.29) is 12.1 Å². The van der Waals surface area contributed by atoms with E-state index in [1.807, 2.05) is 35.2 Å². The van der Waals surface area contributed by atoms with Crippen molar-refractivity contribution >= 4 is 29.0 Å². The van der Waals surface area contributed by atoms with Gasteiger partial charge in [-0.05, 0) is 43.9 Å². The molecule has 2 aromatic carbocycles. The number of amides is 2. The van der Waals surface area contributed by atoms with Crippen molar-refractivity contribution in [2.75, 3.05) is 25.5 Å². The van der Waals surface area contributed by atoms with Crippen LogP contribution < -0.4 is 11.1 Å². The fraction of sp³-hybridized carbons (Fsp3) is 0.480. The van der Waals surface area contributed by atoms with Gasteiger partial charge >= 0.3 is 6.03 Å². The molecule has 1 fully saturated rings. The Labute approximate surface area is 197 Å². The molecule has 5 N–H and O–H groups in total. The monoisotopic (exact) mass is 461 g/mol. The lowest BCUT2D eigenvalue weighted by Crippen LogP contribution is -2.50. The van der Waals surface area contributed by atoms with Crippen LogP contribution in [0.3, 0.4) is 0 Å².